The van der Waals surface area contributed by atoms with Gasteiger partial charge in [-0.15, -0.1) is 0 Å². The van der Waals surface area contributed by atoms with Crippen molar-refractivity contribution in [3.63, 3.8) is 0 Å². The van der Waals surface area contributed by atoms with Gasteiger partial charge in [-0.1, -0.05) is 47.5 Å². The number of aliphatic hydroxyl groups excluding tert-OH is 2. The van der Waals surface area contributed by atoms with Crippen molar-refractivity contribution in [2.45, 2.75) is 25.7 Å². The van der Waals surface area contributed by atoms with Crippen molar-refractivity contribution in [3.05, 3.63) is 107 Å². The van der Waals surface area contributed by atoms with Crippen LogP contribution in [0.1, 0.15) is 17.5 Å². The average Bonchev–Trinajstić information content (AvgIpc) is 3.47. The van der Waals surface area contributed by atoms with Gasteiger partial charge in [-0.05, 0) is 53.9 Å². The lowest BCUT2D eigenvalue weighted by Gasteiger charge is -2.17. The van der Waals surface area contributed by atoms with Crippen LogP contribution in [0, 0.1) is 0 Å². The summed E-state index contributed by atoms with van der Waals surface area (Å²) >= 11 is 14.0. The number of hydrogen-bond acceptors (Lipinski definition) is 9. The van der Waals surface area contributed by atoms with Crippen LogP contribution >= 0.6 is 23.2 Å². The monoisotopic (exact) mass is 637 g/mol. The zero-order valence-electron chi connectivity index (χ0n) is 24.1. The number of β-amino-alcohol motifs (C(OH)–C–C–N with tert-alkyl or cyclic N) is 1. The minimum absolute atomic E-state index is 0.0874. The standard InChI is InChI=1S/C34H29Cl2N7O2/c35-29-25(26-4-2-6-28(30(26)36)42-34-32-23(8-11-38-34)14-21(19-44)16-40-32)3-1-5-27(29)41-33-31-22(7-10-37-33)13-20(15-39-31)17-43-12-9-24(45)18-43/h1-8,10-11,13-16,24,44-45H,9,12,17-19H2,(H,37,41)(H,38,42)/t24-/m1/s1. The zero-order chi connectivity index (χ0) is 30.9. The molecule has 7 rings (SSSR count). The lowest BCUT2D eigenvalue weighted by molar-refractivity contribution is 0.175. The Hall–Kier alpha value is -4.38. The van der Waals surface area contributed by atoms with Gasteiger partial charge >= 0.3 is 0 Å². The normalized spacial score (nSPS) is 15.2. The van der Waals surface area contributed by atoms with Crippen molar-refractivity contribution in [1.29, 1.82) is 0 Å². The molecule has 0 aliphatic carbocycles. The molecule has 0 radical (unpaired) electrons. The molecule has 9 nitrogen and oxygen atoms in total. The van der Waals surface area contributed by atoms with Crippen molar-refractivity contribution >= 4 is 68.0 Å². The summed E-state index contributed by atoms with van der Waals surface area (Å²) in [6, 6.07) is 19.2. The largest absolute Gasteiger partial charge is 0.392 e. The van der Waals surface area contributed by atoms with E-state index in [1.807, 2.05) is 60.8 Å². The Kier molecular flexibility index (Phi) is 8.18. The number of halogens is 2. The van der Waals surface area contributed by atoms with E-state index in [4.69, 9.17) is 28.2 Å². The Morgan fingerprint density at radius 3 is 1.84 bits per heavy atom. The third-order valence-corrected chi connectivity index (χ3v) is 8.76. The molecular formula is C34H29Cl2N7O2. The highest BCUT2D eigenvalue weighted by molar-refractivity contribution is 6.39. The number of anilines is 4. The molecule has 1 atom stereocenters. The smallest absolute Gasteiger partial charge is 0.156 e. The number of benzene rings is 2. The van der Waals surface area contributed by atoms with Crippen molar-refractivity contribution < 1.29 is 10.2 Å². The molecule has 5 heterocycles. The van der Waals surface area contributed by atoms with Crippen LogP contribution in [0.15, 0.2) is 85.5 Å². The summed E-state index contributed by atoms with van der Waals surface area (Å²) in [5.41, 5.74) is 6.01. The van der Waals surface area contributed by atoms with E-state index in [2.05, 4.69) is 36.6 Å². The number of rotatable bonds is 8. The highest BCUT2D eigenvalue weighted by Gasteiger charge is 2.21. The number of pyridine rings is 4. The van der Waals surface area contributed by atoms with Gasteiger partial charge in [-0.2, -0.15) is 0 Å². The first-order valence-electron chi connectivity index (χ1n) is 14.6. The van der Waals surface area contributed by atoms with Crippen LogP contribution in [-0.2, 0) is 13.2 Å². The highest BCUT2D eigenvalue weighted by atomic mass is 35.5. The Balaban J connectivity index is 1.17. The number of nitrogens with zero attached hydrogens (tertiary/aromatic N) is 5. The number of aromatic nitrogens is 4. The summed E-state index contributed by atoms with van der Waals surface area (Å²) in [6.45, 7) is 2.22. The first kappa shape index (κ1) is 29.3. The maximum absolute atomic E-state index is 9.87. The van der Waals surface area contributed by atoms with E-state index < -0.39 is 0 Å². The van der Waals surface area contributed by atoms with Gasteiger partial charge in [0.2, 0.25) is 0 Å². The molecule has 0 spiro atoms. The topological polar surface area (TPSA) is 119 Å². The summed E-state index contributed by atoms with van der Waals surface area (Å²) in [5, 5.41) is 28.9. The second-order valence-electron chi connectivity index (χ2n) is 11.1. The van der Waals surface area contributed by atoms with E-state index in [1.165, 1.54) is 0 Å². The fourth-order valence-corrected chi connectivity index (χ4v) is 6.26. The summed E-state index contributed by atoms with van der Waals surface area (Å²) in [6.07, 6.45) is 7.48. The van der Waals surface area contributed by atoms with E-state index in [0.29, 0.717) is 45.1 Å². The van der Waals surface area contributed by atoms with Crippen LogP contribution in [0.2, 0.25) is 10.0 Å². The molecule has 1 fully saturated rings. The number of likely N-dealkylation sites (tertiary alicyclic amines) is 1. The molecule has 0 bridgehead atoms. The molecule has 1 saturated heterocycles. The fraction of sp³-hybridized carbons (Fsp3) is 0.176. The average molecular weight is 639 g/mol. The summed E-state index contributed by atoms with van der Waals surface area (Å²) < 4.78 is 0. The van der Waals surface area contributed by atoms with Crippen LogP contribution < -0.4 is 10.6 Å². The van der Waals surface area contributed by atoms with Gasteiger partial charge in [0, 0.05) is 66.3 Å². The van der Waals surface area contributed by atoms with Crippen LogP contribution in [-0.4, -0.2) is 54.2 Å². The first-order chi connectivity index (χ1) is 22.0. The highest BCUT2D eigenvalue weighted by Crippen LogP contribution is 2.42. The van der Waals surface area contributed by atoms with E-state index in [9.17, 15) is 10.2 Å². The molecule has 2 aromatic carbocycles. The van der Waals surface area contributed by atoms with E-state index >= 15 is 0 Å². The van der Waals surface area contributed by atoms with E-state index in [0.717, 1.165) is 58.1 Å². The predicted octanol–water partition coefficient (Wildman–Crippen LogP) is 7.09. The summed E-state index contributed by atoms with van der Waals surface area (Å²) in [7, 11) is 0. The van der Waals surface area contributed by atoms with Crippen molar-refractivity contribution in [2.75, 3.05) is 23.7 Å². The van der Waals surface area contributed by atoms with Crippen LogP contribution in [0.25, 0.3) is 32.9 Å². The molecule has 1 aliphatic rings. The van der Waals surface area contributed by atoms with Crippen LogP contribution in [0.5, 0.6) is 0 Å². The van der Waals surface area contributed by atoms with E-state index in [1.54, 1.807) is 18.6 Å². The molecule has 0 saturated carbocycles. The van der Waals surface area contributed by atoms with Gasteiger partial charge in [0.25, 0.3) is 0 Å². The van der Waals surface area contributed by atoms with Gasteiger partial charge in [0.15, 0.2) is 11.6 Å². The number of fused-ring (bicyclic) bond motifs is 2. The molecule has 4 aromatic heterocycles. The number of aliphatic hydroxyl groups is 2. The minimum atomic E-state index is -0.257. The second-order valence-corrected chi connectivity index (χ2v) is 11.8. The molecule has 6 aromatic rings. The number of nitrogens with one attached hydrogen (secondary N) is 2. The maximum atomic E-state index is 9.87. The Bertz CT molecular complexity index is 2040. The molecule has 0 unspecified atom stereocenters. The van der Waals surface area contributed by atoms with Crippen molar-refractivity contribution in [1.82, 2.24) is 24.8 Å². The quantitative estimate of drug-likeness (QED) is 0.139. The van der Waals surface area contributed by atoms with Gasteiger partial charge < -0.3 is 20.8 Å². The number of hydrogen-bond donors (Lipinski definition) is 4. The molecule has 11 heteroatoms. The summed E-state index contributed by atoms with van der Waals surface area (Å²) in [4.78, 5) is 20.5. The summed E-state index contributed by atoms with van der Waals surface area (Å²) in [5.74, 6) is 1.14. The zero-order valence-corrected chi connectivity index (χ0v) is 25.6. The van der Waals surface area contributed by atoms with Crippen LogP contribution in [0.3, 0.4) is 0 Å². The maximum Gasteiger partial charge on any atom is 0.156 e. The lowest BCUT2D eigenvalue weighted by atomic mass is 10.0. The molecule has 1 aliphatic heterocycles. The molecule has 45 heavy (non-hydrogen) atoms. The van der Waals surface area contributed by atoms with Gasteiger partial charge in [-0.25, -0.2) is 9.97 Å². The third-order valence-electron chi connectivity index (χ3n) is 7.94. The molecule has 0 amide bonds. The second kappa shape index (κ2) is 12.5. The first-order valence-corrected chi connectivity index (χ1v) is 15.3. The SMILES string of the molecule is OCc1cnc2c(Nc3cccc(-c4cccc(Nc5nccc6cc(CN7CC[C@@H](O)C7)cnc56)c4Cl)c3Cl)nccc2c1. The molecule has 4 N–H and O–H groups in total. The van der Waals surface area contributed by atoms with Gasteiger partial charge in [0.05, 0.1) is 34.1 Å². The van der Waals surface area contributed by atoms with Crippen molar-refractivity contribution in [2.24, 2.45) is 0 Å². The van der Waals surface area contributed by atoms with Crippen molar-refractivity contribution in [3.8, 4) is 11.1 Å². The third kappa shape index (κ3) is 6.01. The predicted molar refractivity (Wildman–Crippen MR) is 179 cm³/mol. The van der Waals surface area contributed by atoms with Crippen LogP contribution in [0.4, 0.5) is 23.0 Å². The Morgan fingerprint density at radius 1 is 0.756 bits per heavy atom. The lowest BCUT2D eigenvalue weighted by Crippen LogP contribution is -2.21. The Morgan fingerprint density at radius 2 is 1.31 bits per heavy atom. The van der Waals surface area contributed by atoms with Gasteiger partial charge in [-0.3, -0.25) is 14.9 Å². The fourth-order valence-electron chi connectivity index (χ4n) is 5.71. The molecule has 226 valence electrons. The minimum Gasteiger partial charge on any atom is -0.392 e. The molecular weight excluding hydrogens is 609 g/mol. The van der Waals surface area contributed by atoms with Gasteiger partial charge in [0.1, 0.15) is 11.0 Å². The Labute approximate surface area is 269 Å². The van der Waals surface area contributed by atoms with E-state index in [-0.39, 0.29) is 12.7 Å².